The van der Waals surface area contributed by atoms with Crippen molar-refractivity contribution < 1.29 is 23.9 Å². The van der Waals surface area contributed by atoms with Crippen LogP contribution in [-0.2, 0) is 31.0 Å². The van der Waals surface area contributed by atoms with E-state index >= 15 is 0 Å². The Hall–Kier alpha value is -5.17. The number of esters is 1. The molecular weight excluding hydrogens is 576 g/mol. The van der Waals surface area contributed by atoms with Gasteiger partial charge in [-0.25, -0.2) is 9.59 Å². The number of alkyl carbamates (subject to hydrolysis) is 1. The van der Waals surface area contributed by atoms with E-state index in [1.165, 1.54) is 6.08 Å². The number of rotatable bonds is 13. The summed E-state index contributed by atoms with van der Waals surface area (Å²) in [5.41, 5.74) is 2.10. The van der Waals surface area contributed by atoms with E-state index in [9.17, 15) is 14.4 Å². The van der Waals surface area contributed by atoms with Crippen LogP contribution in [-0.4, -0.2) is 36.2 Å². The Morgan fingerprint density at radius 2 is 1.20 bits per heavy atom. The lowest BCUT2D eigenvalue weighted by atomic mass is 9.77. The van der Waals surface area contributed by atoms with E-state index in [4.69, 9.17) is 9.47 Å². The second kappa shape index (κ2) is 16.2. The molecule has 0 bridgehead atoms. The Morgan fingerprint density at radius 1 is 0.717 bits per heavy atom. The van der Waals surface area contributed by atoms with Crippen LogP contribution in [0.5, 0.6) is 0 Å². The third kappa shape index (κ3) is 9.92. The zero-order valence-corrected chi connectivity index (χ0v) is 26.6. The van der Waals surface area contributed by atoms with Crippen LogP contribution in [0, 0.1) is 0 Å². The molecule has 0 aromatic heterocycles. The first kappa shape index (κ1) is 33.7. The molecule has 0 heterocycles. The van der Waals surface area contributed by atoms with Gasteiger partial charge in [-0.3, -0.25) is 4.79 Å². The van der Waals surface area contributed by atoms with Crippen LogP contribution >= 0.6 is 0 Å². The smallest absolute Gasteiger partial charge is 0.408 e. The Bertz CT molecular complexity index is 1470. The van der Waals surface area contributed by atoms with Crippen LogP contribution < -0.4 is 10.6 Å². The van der Waals surface area contributed by atoms with Gasteiger partial charge in [-0.05, 0) is 49.4 Å². The van der Waals surface area contributed by atoms with Crippen molar-refractivity contribution >= 4 is 18.0 Å². The van der Waals surface area contributed by atoms with Crippen LogP contribution in [0.25, 0.3) is 0 Å². The topological polar surface area (TPSA) is 93.7 Å². The van der Waals surface area contributed by atoms with E-state index in [-0.39, 0.29) is 25.4 Å². The lowest BCUT2D eigenvalue weighted by Crippen LogP contribution is -2.48. The fraction of sp³-hybridized carbons (Fsp3) is 0.256. The second-order valence-electron chi connectivity index (χ2n) is 11.9. The minimum atomic E-state index is -0.965. The minimum Gasteiger partial charge on any atom is -0.462 e. The van der Waals surface area contributed by atoms with Gasteiger partial charge in [0.2, 0.25) is 5.91 Å². The standard InChI is InChI=1S/C39H42N2O5/c1-38(2,3)46-37(44)40-34(25-27-36(43)45-29-28-30-16-8-4-9-17-30)24-26-35(42)41-39(31-18-10-5-11-19-31,32-20-12-6-13-21-32)33-22-14-7-15-23-33/h4-23,25,27,34H,24,26,28-29H2,1-3H3,(H,40,44)(H,41,42)/b27-25+/t34-/m0/s1. The number of carbonyl (C=O) groups excluding carboxylic acids is 3. The van der Waals surface area contributed by atoms with Gasteiger partial charge in [0.05, 0.1) is 12.6 Å². The van der Waals surface area contributed by atoms with Gasteiger partial charge < -0.3 is 20.1 Å². The Balaban J connectivity index is 1.52. The van der Waals surface area contributed by atoms with Gasteiger partial charge in [0.15, 0.2) is 0 Å². The van der Waals surface area contributed by atoms with Gasteiger partial charge in [-0.15, -0.1) is 0 Å². The molecule has 4 aromatic carbocycles. The summed E-state index contributed by atoms with van der Waals surface area (Å²) in [7, 11) is 0. The highest BCUT2D eigenvalue weighted by Gasteiger charge is 2.37. The second-order valence-corrected chi connectivity index (χ2v) is 11.9. The first-order valence-electron chi connectivity index (χ1n) is 15.5. The predicted octanol–water partition coefficient (Wildman–Crippen LogP) is 7.11. The zero-order chi connectivity index (χ0) is 32.8. The molecule has 2 N–H and O–H groups in total. The van der Waals surface area contributed by atoms with Crippen LogP contribution in [0.15, 0.2) is 133 Å². The van der Waals surface area contributed by atoms with Crippen molar-refractivity contribution in [3.63, 3.8) is 0 Å². The van der Waals surface area contributed by atoms with E-state index in [1.54, 1.807) is 26.8 Å². The van der Waals surface area contributed by atoms with Crippen molar-refractivity contribution in [1.82, 2.24) is 10.6 Å². The van der Waals surface area contributed by atoms with E-state index < -0.39 is 29.2 Å². The molecule has 0 aliphatic heterocycles. The van der Waals surface area contributed by atoms with Gasteiger partial charge in [0.25, 0.3) is 0 Å². The Morgan fingerprint density at radius 3 is 1.67 bits per heavy atom. The van der Waals surface area contributed by atoms with Gasteiger partial charge in [-0.2, -0.15) is 0 Å². The summed E-state index contributed by atoms with van der Waals surface area (Å²) >= 11 is 0. The Labute approximate surface area is 271 Å². The highest BCUT2D eigenvalue weighted by molar-refractivity contribution is 5.82. The maximum Gasteiger partial charge on any atom is 0.408 e. The van der Waals surface area contributed by atoms with E-state index in [0.717, 1.165) is 22.3 Å². The van der Waals surface area contributed by atoms with Crippen LogP contribution in [0.3, 0.4) is 0 Å². The number of nitrogens with one attached hydrogen (secondary N) is 2. The molecule has 0 spiro atoms. The molecule has 46 heavy (non-hydrogen) atoms. The van der Waals surface area contributed by atoms with E-state index in [0.29, 0.717) is 6.42 Å². The maximum absolute atomic E-state index is 13.8. The summed E-state index contributed by atoms with van der Waals surface area (Å²) in [6, 6.07) is 38.6. The predicted molar refractivity (Wildman–Crippen MR) is 180 cm³/mol. The summed E-state index contributed by atoms with van der Waals surface area (Å²) in [5, 5.41) is 6.12. The third-order valence-corrected chi connectivity index (χ3v) is 7.27. The molecule has 0 radical (unpaired) electrons. The van der Waals surface area contributed by atoms with Crippen molar-refractivity contribution in [2.75, 3.05) is 6.61 Å². The molecule has 238 valence electrons. The molecule has 0 aliphatic rings. The molecule has 4 aromatic rings. The molecule has 0 saturated carbocycles. The van der Waals surface area contributed by atoms with E-state index in [2.05, 4.69) is 10.6 Å². The van der Waals surface area contributed by atoms with Crippen molar-refractivity contribution in [3.8, 4) is 0 Å². The lowest BCUT2D eigenvalue weighted by Gasteiger charge is -2.37. The number of benzene rings is 4. The summed E-state index contributed by atoms with van der Waals surface area (Å²) in [5.74, 6) is -0.765. The molecule has 7 nitrogen and oxygen atoms in total. The fourth-order valence-electron chi connectivity index (χ4n) is 5.17. The largest absolute Gasteiger partial charge is 0.462 e. The summed E-state index contributed by atoms with van der Waals surface area (Å²) in [4.78, 5) is 39.0. The molecule has 4 rings (SSSR count). The lowest BCUT2D eigenvalue weighted by molar-refractivity contribution is -0.137. The fourth-order valence-corrected chi connectivity index (χ4v) is 5.17. The third-order valence-electron chi connectivity index (χ3n) is 7.27. The molecule has 7 heteroatoms. The number of hydrogen-bond donors (Lipinski definition) is 2. The number of carbonyl (C=O) groups is 3. The van der Waals surface area contributed by atoms with Crippen LogP contribution in [0.1, 0.15) is 55.9 Å². The number of ether oxygens (including phenoxy) is 2. The van der Waals surface area contributed by atoms with Crippen molar-refractivity contribution in [1.29, 1.82) is 0 Å². The number of hydrogen-bond acceptors (Lipinski definition) is 5. The highest BCUT2D eigenvalue weighted by atomic mass is 16.6. The van der Waals surface area contributed by atoms with Crippen LogP contribution in [0.4, 0.5) is 4.79 Å². The van der Waals surface area contributed by atoms with Gasteiger partial charge >= 0.3 is 12.1 Å². The monoisotopic (exact) mass is 618 g/mol. The summed E-state index contributed by atoms with van der Waals surface area (Å²) in [6.07, 6.45) is 3.04. The molecule has 0 saturated heterocycles. The average Bonchev–Trinajstić information content (AvgIpc) is 3.06. The SMILES string of the molecule is CC(C)(C)OC(=O)N[C@H](/C=C/C(=O)OCCc1ccccc1)CCC(=O)NC(c1ccccc1)(c1ccccc1)c1ccccc1. The minimum absolute atomic E-state index is 0.0576. The molecule has 0 aliphatic carbocycles. The first-order chi connectivity index (χ1) is 22.2. The number of amides is 2. The average molecular weight is 619 g/mol. The molecule has 0 unspecified atom stereocenters. The highest BCUT2D eigenvalue weighted by Crippen LogP contribution is 2.37. The molecule has 1 atom stereocenters. The molecule has 2 amide bonds. The van der Waals surface area contributed by atoms with E-state index in [1.807, 2.05) is 121 Å². The van der Waals surface area contributed by atoms with Crippen molar-refractivity contribution in [3.05, 3.63) is 156 Å². The Kier molecular flexibility index (Phi) is 11.9. The zero-order valence-electron chi connectivity index (χ0n) is 26.6. The summed E-state index contributed by atoms with van der Waals surface area (Å²) in [6.45, 7) is 5.53. The van der Waals surface area contributed by atoms with Gasteiger partial charge in [0, 0.05) is 18.9 Å². The normalized spacial score (nSPS) is 12.2. The molecular formula is C39H42N2O5. The van der Waals surface area contributed by atoms with Crippen molar-refractivity contribution in [2.24, 2.45) is 0 Å². The van der Waals surface area contributed by atoms with Gasteiger partial charge in [0.1, 0.15) is 11.1 Å². The maximum atomic E-state index is 13.8. The summed E-state index contributed by atoms with van der Waals surface area (Å²) < 4.78 is 10.8. The molecule has 0 fully saturated rings. The van der Waals surface area contributed by atoms with Gasteiger partial charge in [-0.1, -0.05) is 127 Å². The van der Waals surface area contributed by atoms with Crippen molar-refractivity contribution in [2.45, 2.75) is 57.2 Å². The first-order valence-corrected chi connectivity index (χ1v) is 15.5. The quantitative estimate of drug-likeness (QED) is 0.0947. The van der Waals surface area contributed by atoms with Crippen LogP contribution in [0.2, 0.25) is 0 Å².